The van der Waals surface area contributed by atoms with Gasteiger partial charge in [-0.25, -0.2) is 24.0 Å². The van der Waals surface area contributed by atoms with Crippen LogP contribution in [0.5, 0.6) is 0 Å². The Kier molecular flexibility index (Phi) is 15.5. The maximum atomic E-state index is 12.9. The van der Waals surface area contributed by atoms with E-state index < -0.39 is 110 Å². The number of cyclic esters (lactones) is 1. The average Bonchev–Trinajstić information content (AvgIpc) is 3.19. The molecule has 1 rings (SSSR count). The number of hydrogen-bond donors (Lipinski definition) is 4. The Bertz CT molecular complexity index is 1030. The Balaban J connectivity index is 3.44. The molecule has 0 amide bonds. The molecule has 0 fully saturated rings. The molecule has 10 unspecified atom stereocenters. The van der Waals surface area contributed by atoms with Crippen molar-refractivity contribution in [2.24, 2.45) is 0 Å². The van der Waals surface area contributed by atoms with Crippen molar-refractivity contribution in [3.05, 3.63) is 11.5 Å². The largest absolute Gasteiger partial charge is 0.451 e. The quantitative estimate of drug-likeness (QED) is 0.0767. The zero-order chi connectivity index (χ0) is 33.9. The first-order valence-corrected chi connectivity index (χ1v) is 13.4. The van der Waals surface area contributed by atoms with Gasteiger partial charge in [0, 0.05) is 13.8 Å². The Hall–Kier alpha value is -3.55. The number of hydrogen-bond acceptors (Lipinski definition) is 18. The molecule has 0 aromatic rings. The summed E-state index contributed by atoms with van der Waals surface area (Å²) < 4.78 is 47.4. The molecule has 10 atom stereocenters. The Morgan fingerprint density at radius 3 is 1.45 bits per heavy atom. The minimum absolute atomic E-state index is 0.489. The molecule has 0 aromatic heterocycles. The first-order valence-electron chi connectivity index (χ1n) is 13.4. The van der Waals surface area contributed by atoms with Crippen molar-refractivity contribution in [3.8, 4) is 0 Å². The van der Waals surface area contributed by atoms with Crippen LogP contribution in [0.25, 0.3) is 0 Å². The molecule has 252 valence electrons. The van der Waals surface area contributed by atoms with E-state index in [-0.39, 0.29) is 0 Å². The molecule has 44 heavy (non-hydrogen) atoms. The second kappa shape index (κ2) is 17.7. The van der Waals surface area contributed by atoms with Crippen molar-refractivity contribution in [1.82, 2.24) is 0 Å². The van der Waals surface area contributed by atoms with Crippen molar-refractivity contribution in [2.45, 2.75) is 117 Å². The van der Waals surface area contributed by atoms with Gasteiger partial charge in [-0.05, 0) is 41.5 Å². The molecule has 0 aliphatic carbocycles. The van der Waals surface area contributed by atoms with Gasteiger partial charge < -0.3 is 63.1 Å². The maximum Gasteiger partial charge on any atom is 0.378 e. The summed E-state index contributed by atoms with van der Waals surface area (Å²) >= 11 is 0. The molecule has 0 radical (unpaired) electrons. The Labute approximate surface area is 252 Å². The van der Waals surface area contributed by atoms with Gasteiger partial charge in [-0.2, -0.15) is 0 Å². The van der Waals surface area contributed by atoms with Crippen molar-refractivity contribution < 1.29 is 87.0 Å². The van der Waals surface area contributed by atoms with Crippen LogP contribution in [-0.4, -0.2) is 119 Å². The molecule has 0 bridgehead atoms. The summed E-state index contributed by atoms with van der Waals surface area (Å²) in [5.74, 6) is -6.63. The van der Waals surface area contributed by atoms with Gasteiger partial charge in [-0.3, -0.25) is 0 Å². The molecular formula is C26H40O18. The number of aliphatic hydroxyl groups is 4. The van der Waals surface area contributed by atoms with Crippen LogP contribution in [0.1, 0.15) is 55.4 Å². The highest BCUT2D eigenvalue weighted by atomic mass is 16.8. The standard InChI is InChI=1S/C26H40O18/c1-10(27)22(31)40-14(5)36-9-18(37-15(6)41-23(32)11(2)28)19-20(38-16(7)42-24(33)12(3)29)21(26(35)44-19)39-17(8)43-25(34)13(4)30/h10-19,27-30H,9H2,1-8H3. The molecule has 0 saturated carbocycles. The smallest absolute Gasteiger partial charge is 0.378 e. The second-order valence-corrected chi connectivity index (χ2v) is 9.48. The predicted molar refractivity (Wildman–Crippen MR) is 139 cm³/mol. The van der Waals surface area contributed by atoms with E-state index >= 15 is 0 Å². The third-order valence-electron chi connectivity index (χ3n) is 5.17. The predicted octanol–water partition coefficient (Wildman–Crippen LogP) is -1.36. The van der Waals surface area contributed by atoms with Gasteiger partial charge in [0.05, 0.1) is 6.61 Å². The van der Waals surface area contributed by atoms with Crippen LogP contribution in [0.15, 0.2) is 11.5 Å². The molecule has 1 aliphatic rings. The van der Waals surface area contributed by atoms with Crippen LogP contribution in [-0.2, 0) is 66.6 Å². The van der Waals surface area contributed by atoms with E-state index in [9.17, 15) is 44.4 Å². The van der Waals surface area contributed by atoms with E-state index in [0.29, 0.717) is 0 Å². The van der Waals surface area contributed by atoms with Crippen molar-refractivity contribution in [3.63, 3.8) is 0 Å². The molecule has 1 aliphatic heterocycles. The SMILES string of the molecule is CC(OCC(OC(C)OC(=O)C(C)O)C1OC(=O)C(OC(C)OC(=O)C(C)O)=C1OC(C)OC(=O)C(C)O)OC(=O)C(C)O. The molecular weight excluding hydrogens is 600 g/mol. The van der Waals surface area contributed by atoms with E-state index in [4.69, 9.17) is 42.6 Å². The number of ether oxygens (including phenoxy) is 9. The molecule has 1 heterocycles. The number of rotatable bonds is 18. The van der Waals surface area contributed by atoms with Gasteiger partial charge in [0.15, 0.2) is 18.2 Å². The van der Waals surface area contributed by atoms with Crippen molar-refractivity contribution in [1.29, 1.82) is 0 Å². The van der Waals surface area contributed by atoms with Crippen LogP contribution in [0.4, 0.5) is 0 Å². The highest BCUT2D eigenvalue weighted by Crippen LogP contribution is 2.32. The average molecular weight is 641 g/mol. The molecule has 18 heteroatoms. The van der Waals surface area contributed by atoms with Crippen LogP contribution >= 0.6 is 0 Å². The Morgan fingerprint density at radius 1 is 0.636 bits per heavy atom. The van der Waals surface area contributed by atoms with Crippen LogP contribution in [0, 0.1) is 0 Å². The van der Waals surface area contributed by atoms with Crippen LogP contribution in [0.2, 0.25) is 0 Å². The first kappa shape index (κ1) is 38.5. The highest BCUT2D eigenvalue weighted by molar-refractivity contribution is 5.90. The van der Waals surface area contributed by atoms with Crippen molar-refractivity contribution >= 4 is 29.8 Å². The first-order chi connectivity index (χ1) is 20.3. The molecule has 0 spiro atoms. The van der Waals surface area contributed by atoms with Gasteiger partial charge in [-0.15, -0.1) is 0 Å². The fourth-order valence-corrected chi connectivity index (χ4v) is 3.10. The van der Waals surface area contributed by atoms with E-state index in [1.54, 1.807) is 0 Å². The summed E-state index contributed by atoms with van der Waals surface area (Å²) in [5, 5.41) is 37.7. The van der Waals surface area contributed by atoms with Crippen molar-refractivity contribution in [2.75, 3.05) is 6.61 Å². The maximum absolute atomic E-state index is 12.9. The zero-order valence-electron chi connectivity index (χ0n) is 25.5. The fourth-order valence-electron chi connectivity index (χ4n) is 3.10. The van der Waals surface area contributed by atoms with E-state index in [1.807, 2.05) is 0 Å². The van der Waals surface area contributed by atoms with Crippen LogP contribution in [0.3, 0.4) is 0 Å². The van der Waals surface area contributed by atoms with Gasteiger partial charge in [-0.1, -0.05) is 0 Å². The van der Waals surface area contributed by atoms with Gasteiger partial charge >= 0.3 is 29.8 Å². The highest BCUT2D eigenvalue weighted by Gasteiger charge is 2.46. The summed E-state index contributed by atoms with van der Waals surface area (Å²) in [6.45, 7) is 8.98. The minimum atomic E-state index is -1.61. The fraction of sp³-hybridized carbons (Fsp3) is 0.731. The van der Waals surface area contributed by atoms with E-state index in [2.05, 4.69) is 0 Å². The molecule has 0 aromatic carbocycles. The number of aliphatic hydroxyl groups excluding tert-OH is 4. The summed E-state index contributed by atoms with van der Waals surface area (Å²) in [6.07, 6.45) is -14.8. The van der Waals surface area contributed by atoms with Gasteiger partial charge in [0.25, 0.3) is 5.76 Å². The Morgan fingerprint density at radius 2 is 1.02 bits per heavy atom. The molecule has 0 saturated heterocycles. The molecule has 4 N–H and O–H groups in total. The summed E-state index contributed by atoms with van der Waals surface area (Å²) in [4.78, 5) is 60.3. The summed E-state index contributed by atoms with van der Waals surface area (Å²) in [6, 6.07) is 0. The number of carbonyl (C=O) groups excluding carboxylic acids is 5. The lowest BCUT2D eigenvalue weighted by molar-refractivity contribution is -0.226. The number of carbonyl (C=O) groups is 5. The van der Waals surface area contributed by atoms with Gasteiger partial charge in [0.2, 0.25) is 18.9 Å². The lowest BCUT2D eigenvalue weighted by Gasteiger charge is -2.29. The zero-order valence-corrected chi connectivity index (χ0v) is 25.5. The minimum Gasteiger partial charge on any atom is -0.451 e. The second-order valence-electron chi connectivity index (χ2n) is 9.48. The lowest BCUT2D eigenvalue weighted by Crippen LogP contribution is -2.42. The van der Waals surface area contributed by atoms with Crippen LogP contribution < -0.4 is 0 Å². The summed E-state index contributed by atoms with van der Waals surface area (Å²) in [5.41, 5.74) is 0. The normalized spacial score (nSPS) is 20.9. The lowest BCUT2D eigenvalue weighted by atomic mass is 10.1. The molecule has 18 nitrogen and oxygen atoms in total. The topological polar surface area (TPSA) is 249 Å². The van der Waals surface area contributed by atoms with E-state index in [1.165, 1.54) is 27.7 Å². The third-order valence-corrected chi connectivity index (χ3v) is 5.17. The summed E-state index contributed by atoms with van der Waals surface area (Å²) in [7, 11) is 0. The number of esters is 5. The monoisotopic (exact) mass is 640 g/mol. The third kappa shape index (κ3) is 12.6. The van der Waals surface area contributed by atoms with E-state index in [0.717, 1.165) is 27.7 Å². The van der Waals surface area contributed by atoms with Gasteiger partial charge in [0.1, 0.15) is 30.5 Å².